The van der Waals surface area contributed by atoms with Crippen LogP contribution in [0.3, 0.4) is 0 Å². The molecular weight excluding hydrogens is 240 g/mol. The number of aliphatic carboxylic acids is 1. The average molecular weight is 260 g/mol. The van der Waals surface area contributed by atoms with Crippen molar-refractivity contribution in [2.24, 2.45) is 0 Å². The topological polar surface area (TPSA) is 46.5 Å². The van der Waals surface area contributed by atoms with Crippen molar-refractivity contribution in [2.75, 3.05) is 6.61 Å². The van der Waals surface area contributed by atoms with Crippen LogP contribution in [-0.4, -0.2) is 17.7 Å². The van der Waals surface area contributed by atoms with E-state index in [1.807, 2.05) is 6.07 Å². The van der Waals surface area contributed by atoms with E-state index in [9.17, 15) is 4.79 Å². The quantitative estimate of drug-likeness (QED) is 0.823. The van der Waals surface area contributed by atoms with Crippen molar-refractivity contribution in [1.82, 2.24) is 0 Å². The molecule has 1 N–H and O–H groups in total. The van der Waals surface area contributed by atoms with Gasteiger partial charge in [-0.3, -0.25) is 4.79 Å². The highest BCUT2D eigenvalue weighted by atomic mass is 16.5. The van der Waals surface area contributed by atoms with Crippen LogP contribution >= 0.6 is 0 Å². The molecule has 1 aromatic carbocycles. The van der Waals surface area contributed by atoms with Crippen molar-refractivity contribution in [2.45, 2.75) is 39.0 Å². The second kappa shape index (κ2) is 5.91. The smallest absolute Gasteiger partial charge is 0.303 e. The summed E-state index contributed by atoms with van der Waals surface area (Å²) in [6, 6.07) is 4.10. The molecule has 0 bridgehead atoms. The van der Waals surface area contributed by atoms with Gasteiger partial charge in [0.1, 0.15) is 5.75 Å². The molecule has 2 rings (SSSR count). The van der Waals surface area contributed by atoms with E-state index in [1.165, 1.54) is 22.3 Å². The number of carboxylic acid groups (broad SMARTS) is 1. The minimum atomic E-state index is -0.776. The maximum Gasteiger partial charge on any atom is 0.303 e. The lowest BCUT2D eigenvalue weighted by Crippen LogP contribution is -2.06. The highest BCUT2D eigenvalue weighted by Crippen LogP contribution is 2.34. The van der Waals surface area contributed by atoms with E-state index in [4.69, 9.17) is 9.84 Å². The summed E-state index contributed by atoms with van der Waals surface area (Å²) in [6.45, 7) is 6.67. The van der Waals surface area contributed by atoms with Gasteiger partial charge in [-0.15, -0.1) is 0 Å². The fourth-order valence-electron chi connectivity index (χ4n) is 2.64. The molecule has 1 aliphatic rings. The number of carboxylic acids is 1. The van der Waals surface area contributed by atoms with Gasteiger partial charge in [0, 0.05) is 6.42 Å². The Morgan fingerprint density at radius 2 is 2.21 bits per heavy atom. The molecule has 0 radical (unpaired) electrons. The lowest BCUT2D eigenvalue weighted by Gasteiger charge is -2.21. The van der Waals surface area contributed by atoms with E-state index in [0.29, 0.717) is 13.0 Å². The zero-order valence-electron chi connectivity index (χ0n) is 11.4. The van der Waals surface area contributed by atoms with E-state index in [1.54, 1.807) is 0 Å². The molecule has 0 amide bonds. The molecular formula is C16H20O3. The zero-order valence-corrected chi connectivity index (χ0v) is 11.4. The summed E-state index contributed by atoms with van der Waals surface area (Å²) >= 11 is 0. The summed E-state index contributed by atoms with van der Waals surface area (Å²) in [5, 5.41) is 8.58. The molecule has 0 atom stereocenters. The number of aryl methyl sites for hydroxylation is 2. The van der Waals surface area contributed by atoms with Crippen molar-refractivity contribution < 1.29 is 14.6 Å². The molecule has 1 aromatic rings. The first-order valence-corrected chi connectivity index (χ1v) is 6.74. The Hall–Kier alpha value is -1.77. The van der Waals surface area contributed by atoms with Gasteiger partial charge in [0.25, 0.3) is 0 Å². The summed E-state index contributed by atoms with van der Waals surface area (Å²) in [6.07, 6.45) is 3.99. The fraction of sp³-hybridized carbons (Fsp3) is 0.438. The van der Waals surface area contributed by atoms with E-state index in [2.05, 4.69) is 19.6 Å². The molecule has 0 saturated heterocycles. The van der Waals surface area contributed by atoms with Crippen LogP contribution in [-0.2, 0) is 11.2 Å². The number of rotatable bonds is 5. The first-order valence-electron chi connectivity index (χ1n) is 6.74. The Balaban J connectivity index is 2.05. The van der Waals surface area contributed by atoms with Crippen LogP contribution in [0.1, 0.15) is 42.4 Å². The number of allylic oxidation sites excluding steroid dienone is 1. The van der Waals surface area contributed by atoms with Crippen LogP contribution in [0.5, 0.6) is 5.75 Å². The second-order valence-corrected chi connectivity index (χ2v) is 5.08. The Morgan fingerprint density at radius 3 is 2.95 bits per heavy atom. The SMILES string of the molecule is C=C1CCCc2cc(OCCCC(=O)O)cc(C)c21. The first kappa shape index (κ1) is 13.7. The van der Waals surface area contributed by atoms with Gasteiger partial charge >= 0.3 is 5.97 Å². The van der Waals surface area contributed by atoms with Crippen molar-refractivity contribution in [3.8, 4) is 5.75 Å². The molecule has 19 heavy (non-hydrogen) atoms. The van der Waals surface area contributed by atoms with Gasteiger partial charge in [0.15, 0.2) is 0 Å². The van der Waals surface area contributed by atoms with Crippen LogP contribution in [0.25, 0.3) is 5.57 Å². The van der Waals surface area contributed by atoms with Crippen LogP contribution in [0, 0.1) is 6.92 Å². The number of hydrogen-bond donors (Lipinski definition) is 1. The van der Waals surface area contributed by atoms with E-state index < -0.39 is 5.97 Å². The van der Waals surface area contributed by atoms with Gasteiger partial charge in [0.2, 0.25) is 0 Å². The van der Waals surface area contributed by atoms with Crippen molar-refractivity contribution >= 4 is 11.5 Å². The third-order valence-electron chi connectivity index (χ3n) is 3.47. The van der Waals surface area contributed by atoms with Gasteiger partial charge in [0.05, 0.1) is 6.61 Å². The number of ether oxygens (including phenoxy) is 1. The molecule has 0 fully saturated rings. The van der Waals surface area contributed by atoms with Gasteiger partial charge in [-0.2, -0.15) is 0 Å². The van der Waals surface area contributed by atoms with Crippen molar-refractivity contribution in [3.63, 3.8) is 0 Å². The highest BCUT2D eigenvalue weighted by Gasteiger charge is 2.16. The summed E-state index contributed by atoms with van der Waals surface area (Å²) in [4.78, 5) is 10.4. The summed E-state index contributed by atoms with van der Waals surface area (Å²) < 4.78 is 5.65. The van der Waals surface area contributed by atoms with Crippen LogP contribution in [0.4, 0.5) is 0 Å². The average Bonchev–Trinajstić information content (AvgIpc) is 2.34. The van der Waals surface area contributed by atoms with E-state index >= 15 is 0 Å². The predicted octanol–water partition coefficient (Wildman–Crippen LogP) is 3.59. The Kier molecular flexibility index (Phi) is 4.25. The molecule has 3 heteroatoms. The van der Waals surface area contributed by atoms with Gasteiger partial charge in [-0.25, -0.2) is 0 Å². The second-order valence-electron chi connectivity index (χ2n) is 5.08. The summed E-state index contributed by atoms with van der Waals surface area (Å²) in [5.74, 6) is 0.0675. The largest absolute Gasteiger partial charge is 0.494 e. The minimum Gasteiger partial charge on any atom is -0.494 e. The standard InChI is InChI=1S/C16H20O3/c1-11-5-3-6-13-10-14(9-12(2)16(11)13)19-8-4-7-15(17)18/h9-10H,1,3-8H2,2H3,(H,17,18). The molecule has 0 heterocycles. The van der Waals surface area contributed by atoms with Crippen molar-refractivity contribution in [3.05, 3.63) is 35.4 Å². The Labute approximate surface area is 113 Å². The minimum absolute atomic E-state index is 0.154. The lowest BCUT2D eigenvalue weighted by molar-refractivity contribution is -0.137. The summed E-state index contributed by atoms with van der Waals surface area (Å²) in [5.41, 5.74) is 5.03. The van der Waals surface area contributed by atoms with Gasteiger partial charge in [-0.05, 0) is 67.0 Å². The van der Waals surface area contributed by atoms with Gasteiger partial charge < -0.3 is 9.84 Å². The van der Waals surface area contributed by atoms with E-state index in [-0.39, 0.29) is 6.42 Å². The zero-order chi connectivity index (χ0) is 13.8. The molecule has 0 aliphatic heterocycles. The van der Waals surface area contributed by atoms with Crippen LogP contribution in [0.2, 0.25) is 0 Å². The van der Waals surface area contributed by atoms with Gasteiger partial charge in [-0.1, -0.05) is 6.58 Å². The Bertz CT molecular complexity index is 503. The maximum absolute atomic E-state index is 10.4. The summed E-state index contributed by atoms with van der Waals surface area (Å²) in [7, 11) is 0. The van der Waals surface area contributed by atoms with E-state index in [0.717, 1.165) is 25.0 Å². The number of benzene rings is 1. The molecule has 3 nitrogen and oxygen atoms in total. The molecule has 0 unspecified atom stereocenters. The number of carbonyl (C=O) groups is 1. The third kappa shape index (κ3) is 3.37. The first-order chi connectivity index (χ1) is 9.08. The molecule has 1 aliphatic carbocycles. The molecule has 0 spiro atoms. The maximum atomic E-state index is 10.4. The predicted molar refractivity (Wildman–Crippen MR) is 75.5 cm³/mol. The van der Waals surface area contributed by atoms with Crippen LogP contribution < -0.4 is 4.74 Å². The lowest BCUT2D eigenvalue weighted by atomic mass is 9.85. The Morgan fingerprint density at radius 1 is 1.42 bits per heavy atom. The monoisotopic (exact) mass is 260 g/mol. The third-order valence-corrected chi connectivity index (χ3v) is 3.47. The number of fused-ring (bicyclic) bond motifs is 1. The highest BCUT2D eigenvalue weighted by molar-refractivity contribution is 5.71. The number of hydrogen-bond acceptors (Lipinski definition) is 2. The normalized spacial score (nSPS) is 14.1. The molecule has 0 saturated carbocycles. The van der Waals surface area contributed by atoms with Crippen molar-refractivity contribution in [1.29, 1.82) is 0 Å². The van der Waals surface area contributed by atoms with Crippen LogP contribution in [0.15, 0.2) is 18.7 Å². The molecule has 0 aromatic heterocycles. The fourth-order valence-corrected chi connectivity index (χ4v) is 2.64. The molecule has 102 valence electrons.